The average molecular weight is 254 g/mol. The molecule has 1 aliphatic rings. The molecule has 2 atom stereocenters. The SMILES string of the molecule is CC(C)C1CC1(N)c1ccccc1Br. The number of rotatable bonds is 2. The molecule has 76 valence electrons. The highest BCUT2D eigenvalue weighted by Crippen LogP contribution is 2.54. The second-order valence-electron chi connectivity index (χ2n) is 4.57. The minimum absolute atomic E-state index is 0.0751. The van der Waals surface area contributed by atoms with Crippen LogP contribution in [-0.4, -0.2) is 0 Å². The van der Waals surface area contributed by atoms with E-state index in [0.717, 1.165) is 10.9 Å². The molecule has 1 fully saturated rings. The van der Waals surface area contributed by atoms with E-state index >= 15 is 0 Å². The van der Waals surface area contributed by atoms with Crippen LogP contribution in [0.25, 0.3) is 0 Å². The molecule has 1 saturated carbocycles. The van der Waals surface area contributed by atoms with Crippen molar-refractivity contribution >= 4 is 15.9 Å². The van der Waals surface area contributed by atoms with Crippen LogP contribution in [0, 0.1) is 11.8 Å². The standard InChI is InChI=1S/C12H16BrN/c1-8(2)10-7-12(10,14)9-5-3-4-6-11(9)13/h3-6,8,10H,7,14H2,1-2H3. The molecule has 0 saturated heterocycles. The number of hydrogen-bond acceptors (Lipinski definition) is 1. The van der Waals surface area contributed by atoms with Gasteiger partial charge in [0.25, 0.3) is 0 Å². The Balaban J connectivity index is 2.30. The molecular formula is C12H16BrN. The lowest BCUT2D eigenvalue weighted by Crippen LogP contribution is -2.24. The zero-order valence-electron chi connectivity index (χ0n) is 8.63. The first-order valence-corrected chi connectivity index (χ1v) is 5.89. The quantitative estimate of drug-likeness (QED) is 0.861. The Morgan fingerprint density at radius 1 is 1.43 bits per heavy atom. The molecule has 0 bridgehead atoms. The van der Waals surface area contributed by atoms with Crippen molar-refractivity contribution in [1.29, 1.82) is 0 Å². The Bertz CT molecular complexity index is 348. The van der Waals surface area contributed by atoms with Crippen molar-refractivity contribution in [1.82, 2.24) is 0 Å². The van der Waals surface area contributed by atoms with Gasteiger partial charge in [0, 0.05) is 10.0 Å². The van der Waals surface area contributed by atoms with Gasteiger partial charge in [-0.2, -0.15) is 0 Å². The first kappa shape index (κ1) is 10.2. The van der Waals surface area contributed by atoms with Crippen molar-refractivity contribution in [3.63, 3.8) is 0 Å². The predicted molar refractivity (Wildman–Crippen MR) is 63.0 cm³/mol. The topological polar surface area (TPSA) is 26.0 Å². The maximum absolute atomic E-state index is 6.38. The van der Waals surface area contributed by atoms with Crippen LogP contribution in [0.4, 0.5) is 0 Å². The summed E-state index contributed by atoms with van der Waals surface area (Å²) < 4.78 is 1.14. The molecule has 0 aliphatic heterocycles. The summed E-state index contributed by atoms with van der Waals surface area (Å²) in [6.07, 6.45) is 1.12. The molecule has 1 nitrogen and oxygen atoms in total. The van der Waals surface area contributed by atoms with E-state index in [0.29, 0.717) is 11.8 Å². The van der Waals surface area contributed by atoms with Crippen LogP contribution in [0.5, 0.6) is 0 Å². The third-order valence-corrected chi connectivity index (χ3v) is 3.93. The normalized spacial score (nSPS) is 30.8. The van der Waals surface area contributed by atoms with Gasteiger partial charge in [0.15, 0.2) is 0 Å². The largest absolute Gasteiger partial charge is 0.321 e. The second-order valence-corrected chi connectivity index (χ2v) is 5.43. The molecular weight excluding hydrogens is 238 g/mol. The lowest BCUT2D eigenvalue weighted by molar-refractivity contribution is 0.487. The summed E-state index contributed by atoms with van der Waals surface area (Å²) in [4.78, 5) is 0. The predicted octanol–water partition coefficient (Wildman–Crippen LogP) is 3.28. The van der Waals surface area contributed by atoms with E-state index in [1.54, 1.807) is 0 Å². The fourth-order valence-electron chi connectivity index (χ4n) is 2.28. The zero-order valence-corrected chi connectivity index (χ0v) is 10.2. The Morgan fingerprint density at radius 3 is 2.57 bits per heavy atom. The smallest absolute Gasteiger partial charge is 0.0456 e. The second kappa shape index (κ2) is 3.35. The lowest BCUT2D eigenvalue weighted by atomic mass is 9.98. The van der Waals surface area contributed by atoms with Crippen LogP contribution in [0.2, 0.25) is 0 Å². The summed E-state index contributed by atoms with van der Waals surface area (Å²) in [6, 6.07) is 8.29. The van der Waals surface area contributed by atoms with Gasteiger partial charge in [-0.25, -0.2) is 0 Å². The van der Waals surface area contributed by atoms with Crippen molar-refractivity contribution in [2.45, 2.75) is 25.8 Å². The number of hydrogen-bond donors (Lipinski definition) is 1. The lowest BCUT2D eigenvalue weighted by Gasteiger charge is -2.15. The Kier molecular flexibility index (Phi) is 2.44. The van der Waals surface area contributed by atoms with E-state index in [9.17, 15) is 0 Å². The van der Waals surface area contributed by atoms with Gasteiger partial charge in [-0.05, 0) is 29.9 Å². The van der Waals surface area contributed by atoms with Crippen LogP contribution >= 0.6 is 15.9 Å². The Hall–Kier alpha value is -0.340. The van der Waals surface area contributed by atoms with Crippen LogP contribution in [0.1, 0.15) is 25.8 Å². The van der Waals surface area contributed by atoms with E-state index in [1.807, 2.05) is 6.07 Å². The van der Waals surface area contributed by atoms with Gasteiger partial charge in [-0.3, -0.25) is 0 Å². The first-order chi connectivity index (χ1) is 6.55. The van der Waals surface area contributed by atoms with Crippen molar-refractivity contribution < 1.29 is 0 Å². The highest BCUT2D eigenvalue weighted by atomic mass is 79.9. The molecule has 1 aromatic rings. The van der Waals surface area contributed by atoms with E-state index in [4.69, 9.17) is 5.73 Å². The summed E-state index contributed by atoms with van der Waals surface area (Å²) in [7, 11) is 0. The van der Waals surface area contributed by atoms with Gasteiger partial charge in [0.1, 0.15) is 0 Å². The van der Waals surface area contributed by atoms with Gasteiger partial charge in [0.2, 0.25) is 0 Å². The van der Waals surface area contributed by atoms with Gasteiger partial charge >= 0.3 is 0 Å². The minimum Gasteiger partial charge on any atom is -0.321 e. The van der Waals surface area contributed by atoms with E-state index in [-0.39, 0.29) is 5.54 Å². The van der Waals surface area contributed by atoms with E-state index < -0.39 is 0 Å². The Morgan fingerprint density at radius 2 is 2.07 bits per heavy atom. The monoisotopic (exact) mass is 253 g/mol. The summed E-state index contributed by atoms with van der Waals surface area (Å²) in [5.74, 6) is 1.31. The van der Waals surface area contributed by atoms with Crippen LogP contribution in [0.3, 0.4) is 0 Å². The maximum Gasteiger partial charge on any atom is 0.0456 e. The molecule has 1 aliphatic carbocycles. The fourth-order valence-corrected chi connectivity index (χ4v) is 2.94. The average Bonchev–Trinajstić information content (AvgIpc) is 2.80. The van der Waals surface area contributed by atoms with Crippen molar-refractivity contribution in [2.75, 3.05) is 0 Å². The molecule has 0 heterocycles. The Labute approximate surface area is 93.8 Å². The summed E-state index contributed by atoms with van der Waals surface area (Å²) in [6.45, 7) is 4.49. The minimum atomic E-state index is -0.0751. The molecule has 0 spiro atoms. The van der Waals surface area contributed by atoms with Crippen LogP contribution in [-0.2, 0) is 5.54 Å². The highest BCUT2D eigenvalue weighted by Gasteiger charge is 2.54. The molecule has 2 N–H and O–H groups in total. The van der Waals surface area contributed by atoms with Crippen molar-refractivity contribution in [3.8, 4) is 0 Å². The maximum atomic E-state index is 6.38. The zero-order chi connectivity index (χ0) is 10.3. The summed E-state index contributed by atoms with van der Waals surface area (Å²) in [5, 5.41) is 0. The molecule has 0 aromatic heterocycles. The fraction of sp³-hybridized carbons (Fsp3) is 0.500. The van der Waals surface area contributed by atoms with E-state index in [1.165, 1.54) is 5.56 Å². The molecule has 0 radical (unpaired) electrons. The highest BCUT2D eigenvalue weighted by molar-refractivity contribution is 9.10. The molecule has 2 unspecified atom stereocenters. The van der Waals surface area contributed by atoms with Gasteiger partial charge in [-0.15, -0.1) is 0 Å². The third-order valence-electron chi connectivity index (χ3n) is 3.24. The summed E-state index contributed by atoms with van der Waals surface area (Å²) in [5.41, 5.74) is 7.57. The van der Waals surface area contributed by atoms with Crippen LogP contribution in [0.15, 0.2) is 28.7 Å². The summed E-state index contributed by atoms with van der Waals surface area (Å²) >= 11 is 3.57. The van der Waals surface area contributed by atoms with Crippen LogP contribution < -0.4 is 5.73 Å². The molecule has 14 heavy (non-hydrogen) atoms. The van der Waals surface area contributed by atoms with E-state index in [2.05, 4.69) is 48.0 Å². The van der Waals surface area contributed by atoms with Gasteiger partial charge in [0.05, 0.1) is 0 Å². The molecule has 2 heteroatoms. The first-order valence-electron chi connectivity index (χ1n) is 5.09. The molecule has 1 aromatic carbocycles. The number of nitrogens with two attached hydrogens (primary N) is 1. The van der Waals surface area contributed by atoms with Crippen molar-refractivity contribution in [2.24, 2.45) is 17.6 Å². The number of halogens is 1. The van der Waals surface area contributed by atoms with Gasteiger partial charge < -0.3 is 5.73 Å². The van der Waals surface area contributed by atoms with Crippen molar-refractivity contribution in [3.05, 3.63) is 34.3 Å². The van der Waals surface area contributed by atoms with Gasteiger partial charge in [-0.1, -0.05) is 48.0 Å². The number of benzene rings is 1. The molecule has 2 rings (SSSR count). The third kappa shape index (κ3) is 1.51. The molecule has 0 amide bonds.